The van der Waals surface area contributed by atoms with Gasteiger partial charge in [-0.3, -0.25) is 0 Å². The number of hydrogen-bond acceptors (Lipinski definition) is 4. The van der Waals surface area contributed by atoms with Crippen molar-refractivity contribution in [2.75, 3.05) is 6.61 Å². The van der Waals surface area contributed by atoms with E-state index in [1.807, 2.05) is 13.0 Å². The van der Waals surface area contributed by atoms with Crippen LogP contribution < -0.4 is 5.32 Å². The molecule has 1 aromatic rings. The highest BCUT2D eigenvalue weighted by atomic mass is 16.5. The van der Waals surface area contributed by atoms with E-state index in [1.54, 1.807) is 0 Å². The summed E-state index contributed by atoms with van der Waals surface area (Å²) in [5, 5.41) is 7.41. The third kappa shape index (κ3) is 3.54. The molecule has 1 aliphatic rings. The Labute approximate surface area is 103 Å². The Balaban J connectivity index is 1.79. The van der Waals surface area contributed by atoms with Gasteiger partial charge in [0.05, 0.1) is 18.3 Å². The SMILES string of the molecule is Cc1cc(CNC2CCOC(C(C)C)C2)on1. The normalized spacial score (nSPS) is 25.4. The monoisotopic (exact) mass is 238 g/mol. The molecule has 0 bridgehead atoms. The summed E-state index contributed by atoms with van der Waals surface area (Å²) >= 11 is 0. The van der Waals surface area contributed by atoms with Crippen molar-refractivity contribution in [3.63, 3.8) is 0 Å². The molecule has 0 saturated carbocycles. The van der Waals surface area contributed by atoms with Crippen molar-refractivity contribution in [2.45, 2.75) is 52.3 Å². The van der Waals surface area contributed by atoms with E-state index in [9.17, 15) is 0 Å². The summed E-state index contributed by atoms with van der Waals surface area (Å²) in [5.74, 6) is 1.50. The number of nitrogens with one attached hydrogen (secondary N) is 1. The molecule has 2 unspecified atom stereocenters. The first-order valence-corrected chi connectivity index (χ1v) is 6.42. The number of nitrogens with zero attached hydrogens (tertiary/aromatic N) is 1. The van der Waals surface area contributed by atoms with E-state index < -0.39 is 0 Å². The molecule has 1 N–H and O–H groups in total. The van der Waals surface area contributed by atoms with Gasteiger partial charge in [0.25, 0.3) is 0 Å². The average molecular weight is 238 g/mol. The summed E-state index contributed by atoms with van der Waals surface area (Å²) in [6, 6.07) is 2.51. The fourth-order valence-electron chi connectivity index (χ4n) is 2.22. The van der Waals surface area contributed by atoms with Crippen molar-refractivity contribution in [2.24, 2.45) is 5.92 Å². The standard InChI is InChI=1S/C13H22N2O2/c1-9(2)13-7-11(4-5-16-13)14-8-12-6-10(3)15-17-12/h6,9,11,13-14H,4-5,7-8H2,1-3H3. The Hall–Kier alpha value is -0.870. The summed E-state index contributed by atoms with van der Waals surface area (Å²) in [5.41, 5.74) is 0.939. The topological polar surface area (TPSA) is 47.3 Å². The fraction of sp³-hybridized carbons (Fsp3) is 0.769. The Morgan fingerprint density at radius 1 is 1.53 bits per heavy atom. The van der Waals surface area contributed by atoms with Gasteiger partial charge in [-0.25, -0.2) is 0 Å². The minimum Gasteiger partial charge on any atom is -0.378 e. The van der Waals surface area contributed by atoms with Crippen LogP contribution in [0.25, 0.3) is 0 Å². The Morgan fingerprint density at radius 2 is 2.35 bits per heavy atom. The van der Waals surface area contributed by atoms with Gasteiger partial charge < -0.3 is 14.6 Å². The third-order valence-corrected chi connectivity index (χ3v) is 3.30. The lowest BCUT2D eigenvalue weighted by atomic mass is 9.95. The number of aryl methyl sites for hydroxylation is 1. The van der Waals surface area contributed by atoms with Crippen LogP contribution in [0.1, 0.15) is 38.1 Å². The molecule has 0 aromatic carbocycles. The van der Waals surface area contributed by atoms with Crippen LogP contribution in [0.3, 0.4) is 0 Å². The van der Waals surface area contributed by atoms with Crippen LogP contribution in [-0.2, 0) is 11.3 Å². The maximum atomic E-state index is 5.75. The Morgan fingerprint density at radius 3 is 3.00 bits per heavy atom. The summed E-state index contributed by atoms with van der Waals surface area (Å²) in [4.78, 5) is 0. The van der Waals surface area contributed by atoms with E-state index in [0.29, 0.717) is 18.1 Å². The van der Waals surface area contributed by atoms with Crippen LogP contribution in [0, 0.1) is 12.8 Å². The van der Waals surface area contributed by atoms with Crippen molar-refractivity contribution in [3.05, 3.63) is 17.5 Å². The number of ether oxygens (including phenoxy) is 1. The van der Waals surface area contributed by atoms with Crippen molar-refractivity contribution in [1.29, 1.82) is 0 Å². The van der Waals surface area contributed by atoms with Gasteiger partial charge in [0.1, 0.15) is 0 Å². The van der Waals surface area contributed by atoms with Gasteiger partial charge in [-0.15, -0.1) is 0 Å². The highest BCUT2D eigenvalue weighted by Crippen LogP contribution is 2.20. The molecule has 2 heterocycles. The van der Waals surface area contributed by atoms with E-state index in [-0.39, 0.29) is 0 Å². The fourth-order valence-corrected chi connectivity index (χ4v) is 2.22. The molecule has 4 nitrogen and oxygen atoms in total. The lowest BCUT2D eigenvalue weighted by molar-refractivity contribution is -0.0248. The smallest absolute Gasteiger partial charge is 0.150 e. The summed E-state index contributed by atoms with van der Waals surface area (Å²) in [6.45, 7) is 7.99. The van der Waals surface area contributed by atoms with E-state index in [4.69, 9.17) is 9.26 Å². The van der Waals surface area contributed by atoms with Crippen LogP contribution in [0.4, 0.5) is 0 Å². The van der Waals surface area contributed by atoms with E-state index in [2.05, 4.69) is 24.3 Å². The zero-order valence-electron chi connectivity index (χ0n) is 10.9. The molecule has 0 radical (unpaired) electrons. The number of aromatic nitrogens is 1. The predicted molar refractivity (Wildman–Crippen MR) is 65.7 cm³/mol. The lowest BCUT2D eigenvalue weighted by Gasteiger charge is -2.32. The first-order valence-electron chi connectivity index (χ1n) is 6.42. The van der Waals surface area contributed by atoms with Crippen molar-refractivity contribution in [1.82, 2.24) is 10.5 Å². The quantitative estimate of drug-likeness (QED) is 0.874. The molecule has 1 aromatic heterocycles. The Bertz CT molecular complexity index is 349. The molecule has 0 aliphatic carbocycles. The first-order chi connectivity index (χ1) is 8.15. The second-order valence-electron chi connectivity index (χ2n) is 5.19. The minimum absolute atomic E-state index is 0.387. The molecule has 96 valence electrons. The van der Waals surface area contributed by atoms with Crippen LogP contribution in [0.2, 0.25) is 0 Å². The molecule has 1 fully saturated rings. The van der Waals surface area contributed by atoms with Crippen molar-refractivity contribution >= 4 is 0 Å². The molecule has 0 spiro atoms. The van der Waals surface area contributed by atoms with Gasteiger partial charge in [0.2, 0.25) is 0 Å². The molecule has 2 atom stereocenters. The first kappa shape index (κ1) is 12.6. The highest BCUT2D eigenvalue weighted by molar-refractivity contribution is 5.02. The van der Waals surface area contributed by atoms with Crippen LogP contribution in [0.5, 0.6) is 0 Å². The molecule has 1 saturated heterocycles. The van der Waals surface area contributed by atoms with Gasteiger partial charge in [0.15, 0.2) is 5.76 Å². The molecule has 1 aliphatic heterocycles. The Kier molecular flexibility index (Phi) is 4.18. The number of hydrogen-bond donors (Lipinski definition) is 1. The predicted octanol–water partition coefficient (Wildman–Crippen LogP) is 2.28. The van der Waals surface area contributed by atoms with Gasteiger partial charge in [-0.2, -0.15) is 0 Å². The van der Waals surface area contributed by atoms with Crippen LogP contribution >= 0.6 is 0 Å². The van der Waals surface area contributed by atoms with E-state index >= 15 is 0 Å². The van der Waals surface area contributed by atoms with Gasteiger partial charge >= 0.3 is 0 Å². The van der Waals surface area contributed by atoms with E-state index in [0.717, 1.165) is 37.4 Å². The molecule has 0 amide bonds. The second kappa shape index (κ2) is 5.65. The maximum absolute atomic E-state index is 5.75. The summed E-state index contributed by atoms with van der Waals surface area (Å²) in [6.07, 6.45) is 2.55. The largest absolute Gasteiger partial charge is 0.378 e. The maximum Gasteiger partial charge on any atom is 0.150 e. The minimum atomic E-state index is 0.387. The molecular formula is C13H22N2O2. The molecule has 17 heavy (non-hydrogen) atoms. The molecule has 4 heteroatoms. The van der Waals surface area contributed by atoms with Gasteiger partial charge in [-0.05, 0) is 25.7 Å². The molecule has 2 rings (SSSR count). The lowest BCUT2D eigenvalue weighted by Crippen LogP contribution is -2.40. The highest BCUT2D eigenvalue weighted by Gasteiger charge is 2.24. The summed E-state index contributed by atoms with van der Waals surface area (Å²) in [7, 11) is 0. The summed E-state index contributed by atoms with van der Waals surface area (Å²) < 4.78 is 10.9. The van der Waals surface area contributed by atoms with Gasteiger partial charge in [-0.1, -0.05) is 19.0 Å². The van der Waals surface area contributed by atoms with Crippen molar-refractivity contribution < 1.29 is 9.26 Å². The van der Waals surface area contributed by atoms with Crippen molar-refractivity contribution in [3.8, 4) is 0 Å². The average Bonchev–Trinajstić information content (AvgIpc) is 2.73. The second-order valence-corrected chi connectivity index (χ2v) is 5.19. The molecular weight excluding hydrogens is 216 g/mol. The number of rotatable bonds is 4. The third-order valence-electron chi connectivity index (χ3n) is 3.30. The zero-order valence-corrected chi connectivity index (χ0v) is 10.9. The van der Waals surface area contributed by atoms with Crippen LogP contribution in [-0.4, -0.2) is 23.9 Å². The van der Waals surface area contributed by atoms with Crippen LogP contribution in [0.15, 0.2) is 10.6 Å². The van der Waals surface area contributed by atoms with Gasteiger partial charge in [0, 0.05) is 18.7 Å². The van der Waals surface area contributed by atoms with E-state index in [1.165, 1.54) is 0 Å². The zero-order chi connectivity index (χ0) is 12.3.